The van der Waals surface area contributed by atoms with Gasteiger partial charge in [0.05, 0.1) is 38.0 Å². The van der Waals surface area contributed by atoms with E-state index in [0.29, 0.717) is 18.5 Å². The number of nitrogens with zero attached hydrogens (tertiary/aromatic N) is 1. The molecule has 0 saturated carbocycles. The summed E-state index contributed by atoms with van der Waals surface area (Å²) in [5, 5.41) is 11.8. The molecule has 0 aliphatic heterocycles. The topological polar surface area (TPSA) is 69.9 Å². The number of para-hydroxylation sites is 1. The van der Waals surface area contributed by atoms with Gasteiger partial charge >= 0.3 is 5.97 Å². The molecule has 6 nitrogen and oxygen atoms in total. The Hall–Kier alpha value is -3.77. The third-order valence-electron chi connectivity index (χ3n) is 6.59. The highest BCUT2D eigenvalue weighted by molar-refractivity contribution is 5.89. The van der Waals surface area contributed by atoms with Gasteiger partial charge in [-0.3, -0.25) is 0 Å². The molecule has 1 N–H and O–H groups in total. The Bertz CT molecular complexity index is 1330. The van der Waals surface area contributed by atoms with Crippen LogP contribution in [0, 0.1) is 0 Å². The van der Waals surface area contributed by atoms with Crippen molar-refractivity contribution >= 4 is 16.9 Å². The number of aliphatic hydroxyl groups excluding tert-OH is 1. The predicted octanol–water partition coefficient (Wildman–Crippen LogP) is 5.81. The lowest BCUT2D eigenvalue weighted by Gasteiger charge is -2.18. The summed E-state index contributed by atoms with van der Waals surface area (Å²) in [5.74, 6) is 1.20. The molecule has 6 heteroatoms. The van der Waals surface area contributed by atoms with Crippen LogP contribution in [0.4, 0.5) is 0 Å². The second-order valence-corrected chi connectivity index (χ2v) is 9.16. The number of aryl methyl sites for hydroxylation is 1. The molecule has 0 fully saturated rings. The number of unbranched alkanes of at least 4 members (excludes halogenated alkanes) is 1. The SMILES string of the molecule is CCCCc1ccc(OC)c(Cn2cc(CC(O)COC(=O)c3ccccc3)c3ccccc32)c1OC. The maximum atomic E-state index is 12.3. The minimum Gasteiger partial charge on any atom is -0.496 e. The standard InChI is InChI=1S/C31H35NO5/c1-4-5-11-22-16-17-29(35-2)27(30(22)36-3)20-32-19-24(26-14-9-10-15-28(26)32)18-25(33)21-37-31(34)23-12-7-6-8-13-23/h6-10,12-17,19,25,33H,4-5,11,18,20-21H2,1-3H3. The van der Waals surface area contributed by atoms with Crippen LogP contribution in [-0.2, 0) is 24.1 Å². The Morgan fingerprint density at radius 2 is 1.70 bits per heavy atom. The summed E-state index contributed by atoms with van der Waals surface area (Å²) in [7, 11) is 3.39. The molecule has 1 heterocycles. The Morgan fingerprint density at radius 1 is 0.946 bits per heavy atom. The van der Waals surface area contributed by atoms with E-state index < -0.39 is 12.1 Å². The zero-order valence-corrected chi connectivity index (χ0v) is 21.8. The quantitative estimate of drug-likeness (QED) is 0.248. The van der Waals surface area contributed by atoms with Crippen molar-refractivity contribution in [3.63, 3.8) is 0 Å². The second kappa shape index (κ2) is 12.5. The van der Waals surface area contributed by atoms with Crippen molar-refractivity contribution < 1.29 is 24.1 Å². The summed E-state index contributed by atoms with van der Waals surface area (Å²) < 4.78 is 19.1. The van der Waals surface area contributed by atoms with E-state index in [4.69, 9.17) is 14.2 Å². The Labute approximate surface area is 218 Å². The molecule has 4 aromatic rings. The number of carbonyl (C=O) groups is 1. The summed E-state index contributed by atoms with van der Waals surface area (Å²) >= 11 is 0. The van der Waals surface area contributed by atoms with Gasteiger partial charge in [-0.25, -0.2) is 4.79 Å². The monoisotopic (exact) mass is 501 g/mol. The normalized spacial score (nSPS) is 11.9. The van der Waals surface area contributed by atoms with Crippen molar-refractivity contribution in [1.29, 1.82) is 0 Å². The molecule has 0 aliphatic rings. The van der Waals surface area contributed by atoms with E-state index in [1.807, 2.05) is 24.3 Å². The zero-order valence-electron chi connectivity index (χ0n) is 21.8. The van der Waals surface area contributed by atoms with Gasteiger partial charge < -0.3 is 23.9 Å². The molecular formula is C31H35NO5. The van der Waals surface area contributed by atoms with Crippen LogP contribution in [-0.4, -0.2) is 42.6 Å². The molecule has 0 bridgehead atoms. The van der Waals surface area contributed by atoms with E-state index in [1.165, 1.54) is 5.56 Å². The van der Waals surface area contributed by atoms with E-state index in [2.05, 4.69) is 35.9 Å². The van der Waals surface area contributed by atoms with Gasteiger partial charge in [-0.15, -0.1) is 0 Å². The van der Waals surface area contributed by atoms with Gasteiger partial charge in [0.1, 0.15) is 18.1 Å². The number of rotatable bonds is 12. The van der Waals surface area contributed by atoms with Gasteiger partial charge in [0.25, 0.3) is 0 Å². The number of methoxy groups -OCH3 is 2. The van der Waals surface area contributed by atoms with Crippen LogP contribution < -0.4 is 9.47 Å². The number of ether oxygens (including phenoxy) is 3. The van der Waals surface area contributed by atoms with Crippen LogP contribution in [0.1, 0.15) is 46.8 Å². The maximum Gasteiger partial charge on any atom is 0.338 e. The van der Waals surface area contributed by atoms with Crippen molar-refractivity contribution in [2.75, 3.05) is 20.8 Å². The van der Waals surface area contributed by atoms with E-state index >= 15 is 0 Å². The molecule has 1 atom stereocenters. The highest BCUT2D eigenvalue weighted by Crippen LogP contribution is 2.35. The number of hydrogen-bond acceptors (Lipinski definition) is 5. The van der Waals surface area contributed by atoms with Gasteiger partial charge in [0.2, 0.25) is 0 Å². The van der Waals surface area contributed by atoms with Crippen molar-refractivity contribution in [2.45, 2.75) is 45.3 Å². The Morgan fingerprint density at radius 3 is 2.43 bits per heavy atom. The second-order valence-electron chi connectivity index (χ2n) is 9.16. The number of esters is 1. The lowest BCUT2D eigenvalue weighted by atomic mass is 10.0. The first-order chi connectivity index (χ1) is 18.0. The number of benzene rings is 3. The van der Waals surface area contributed by atoms with Crippen LogP contribution >= 0.6 is 0 Å². The average Bonchev–Trinajstić information content (AvgIpc) is 3.27. The molecule has 1 aromatic heterocycles. The number of aromatic nitrogens is 1. The minimum atomic E-state index is -0.826. The fourth-order valence-corrected chi connectivity index (χ4v) is 4.75. The molecule has 0 aliphatic carbocycles. The Balaban J connectivity index is 1.57. The van der Waals surface area contributed by atoms with Crippen LogP contribution in [0.5, 0.6) is 11.5 Å². The van der Waals surface area contributed by atoms with Gasteiger partial charge in [-0.2, -0.15) is 0 Å². The fraction of sp³-hybridized carbons (Fsp3) is 0.323. The maximum absolute atomic E-state index is 12.3. The molecule has 0 spiro atoms. The third kappa shape index (κ3) is 6.15. The molecule has 0 radical (unpaired) electrons. The van der Waals surface area contributed by atoms with Gasteiger partial charge in [-0.1, -0.05) is 55.8 Å². The number of aliphatic hydroxyl groups is 1. The van der Waals surface area contributed by atoms with Gasteiger partial charge in [0.15, 0.2) is 0 Å². The van der Waals surface area contributed by atoms with E-state index in [9.17, 15) is 9.90 Å². The largest absolute Gasteiger partial charge is 0.496 e. The first kappa shape index (κ1) is 26.3. The highest BCUT2D eigenvalue weighted by atomic mass is 16.5. The van der Waals surface area contributed by atoms with Crippen LogP contribution in [0.15, 0.2) is 72.9 Å². The molecular weight excluding hydrogens is 466 g/mol. The van der Waals surface area contributed by atoms with Crippen LogP contribution in [0.2, 0.25) is 0 Å². The van der Waals surface area contributed by atoms with E-state index in [0.717, 1.165) is 52.8 Å². The first-order valence-corrected chi connectivity index (χ1v) is 12.7. The number of hydrogen-bond donors (Lipinski definition) is 1. The fourth-order valence-electron chi connectivity index (χ4n) is 4.75. The average molecular weight is 502 g/mol. The zero-order chi connectivity index (χ0) is 26.2. The summed E-state index contributed by atoms with van der Waals surface area (Å²) in [6, 6.07) is 21.0. The summed E-state index contributed by atoms with van der Waals surface area (Å²) in [4.78, 5) is 12.3. The molecule has 3 aromatic carbocycles. The summed E-state index contributed by atoms with van der Waals surface area (Å²) in [6.45, 7) is 2.67. The Kier molecular flexibility index (Phi) is 8.86. The van der Waals surface area contributed by atoms with Crippen LogP contribution in [0.3, 0.4) is 0 Å². The summed E-state index contributed by atoms with van der Waals surface area (Å²) in [6.07, 6.45) is 4.74. The van der Waals surface area contributed by atoms with Crippen molar-refractivity contribution in [3.05, 3.63) is 95.2 Å². The van der Waals surface area contributed by atoms with E-state index in [1.54, 1.807) is 38.5 Å². The van der Waals surface area contributed by atoms with Crippen molar-refractivity contribution in [3.8, 4) is 11.5 Å². The summed E-state index contributed by atoms with van der Waals surface area (Å²) in [5.41, 5.74) is 4.67. The first-order valence-electron chi connectivity index (χ1n) is 12.7. The van der Waals surface area contributed by atoms with E-state index in [-0.39, 0.29) is 6.61 Å². The number of fused-ring (bicyclic) bond motifs is 1. The van der Waals surface area contributed by atoms with Crippen LogP contribution in [0.25, 0.3) is 10.9 Å². The lowest BCUT2D eigenvalue weighted by molar-refractivity contribution is 0.0259. The minimum absolute atomic E-state index is 0.0750. The van der Waals surface area contributed by atoms with Gasteiger partial charge in [-0.05, 0) is 48.2 Å². The molecule has 0 amide bonds. The molecule has 4 rings (SSSR count). The number of carbonyl (C=O) groups excluding carboxylic acids is 1. The lowest BCUT2D eigenvalue weighted by Crippen LogP contribution is -2.21. The molecule has 194 valence electrons. The molecule has 37 heavy (non-hydrogen) atoms. The van der Waals surface area contributed by atoms with Crippen molar-refractivity contribution in [2.24, 2.45) is 0 Å². The molecule has 0 saturated heterocycles. The smallest absolute Gasteiger partial charge is 0.338 e. The predicted molar refractivity (Wildman–Crippen MR) is 146 cm³/mol. The van der Waals surface area contributed by atoms with Crippen molar-refractivity contribution in [1.82, 2.24) is 4.57 Å². The molecule has 1 unspecified atom stereocenters. The third-order valence-corrected chi connectivity index (χ3v) is 6.59. The highest BCUT2D eigenvalue weighted by Gasteiger charge is 2.19. The van der Waals surface area contributed by atoms with Gasteiger partial charge in [0, 0.05) is 23.5 Å².